The van der Waals surface area contributed by atoms with E-state index in [1.54, 1.807) is 0 Å². The average molecular weight is 290 g/mol. The van der Waals surface area contributed by atoms with Crippen molar-refractivity contribution in [1.82, 2.24) is 5.32 Å². The van der Waals surface area contributed by atoms with Gasteiger partial charge in [0.05, 0.1) is 5.69 Å². The number of fused-ring (bicyclic) bond motifs is 1. The summed E-state index contributed by atoms with van der Waals surface area (Å²) in [6.07, 6.45) is 0. The van der Waals surface area contributed by atoms with Crippen LogP contribution in [0.15, 0.2) is 18.2 Å². The molecule has 1 amide bonds. The van der Waals surface area contributed by atoms with Crippen LogP contribution in [0.5, 0.6) is 0 Å². The number of thiophene rings is 1. The SMILES string of the molecule is Cc1cccc2c(N)c(C(=O)NCC(C)C(C)C)sc12. The van der Waals surface area contributed by atoms with E-state index < -0.39 is 0 Å². The lowest BCUT2D eigenvalue weighted by Crippen LogP contribution is -2.30. The smallest absolute Gasteiger partial charge is 0.263 e. The maximum Gasteiger partial charge on any atom is 0.263 e. The number of carbonyl (C=O) groups excluding carboxylic acids is 1. The summed E-state index contributed by atoms with van der Waals surface area (Å²) < 4.78 is 1.10. The summed E-state index contributed by atoms with van der Waals surface area (Å²) >= 11 is 1.48. The van der Waals surface area contributed by atoms with E-state index in [9.17, 15) is 4.79 Å². The molecule has 0 spiro atoms. The van der Waals surface area contributed by atoms with E-state index >= 15 is 0 Å². The number of carbonyl (C=O) groups is 1. The predicted octanol–water partition coefficient (Wildman–Crippen LogP) is 3.81. The Balaban J connectivity index is 2.23. The first kappa shape index (κ1) is 14.9. The molecule has 0 aliphatic heterocycles. The lowest BCUT2D eigenvalue weighted by molar-refractivity contribution is 0.0950. The highest BCUT2D eigenvalue weighted by molar-refractivity contribution is 7.21. The lowest BCUT2D eigenvalue weighted by Gasteiger charge is -2.15. The third-order valence-corrected chi connectivity index (χ3v) is 5.24. The maximum atomic E-state index is 12.3. The number of anilines is 1. The molecule has 0 saturated heterocycles. The Morgan fingerprint density at radius 3 is 2.65 bits per heavy atom. The lowest BCUT2D eigenvalue weighted by atomic mass is 9.98. The number of hydrogen-bond donors (Lipinski definition) is 2. The summed E-state index contributed by atoms with van der Waals surface area (Å²) in [5.41, 5.74) is 7.89. The molecule has 1 unspecified atom stereocenters. The average Bonchev–Trinajstić information content (AvgIpc) is 2.75. The van der Waals surface area contributed by atoms with Gasteiger partial charge in [-0.1, -0.05) is 39.0 Å². The van der Waals surface area contributed by atoms with Crippen molar-refractivity contribution in [3.05, 3.63) is 28.6 Å². The minimum absolute atomic E-state index is 0.0596. The van der Waals surface area contributed by atoms with E-state index in [1.165, 1.54) is 11.3 Å². The van der Waals surface area contributed by atoms with Crippen molar-refractivity contribution in [2.75, 3.05) is 12.3 Å². The van der Waals surface area contributed by atoms with Gasteiger partial charge in [0, 0.05) is 16.6 Å². The summed E-state index contributed by atoms with van der Waals surface area (Å²) in [6.45, 7) is 9.19. The molecule has 1 aromatic carbocycles. The summed E-state index contributed by atoms with van der Waals surface area (Å²) in [5.74, 6) is 0.948. The summed E-state index contributed by atoms with van der Waals surface area (Å²) in [7, 11) is 0. The van der Waals surface area contributed by atoms with Crippen LogP contribution >= 0.6 is 11.3 Å². The van der Waals surface area contributed by atoms with Gasteiger partial charge in [-0.25, -0.2) is 0 Å². The van der Waals surface area contributed by atoms with E-state index in [2.05, 4.69) is 26.1 Å². The largest absolute Gasteiger partial charge is 0.397 e. The molecule has 4 heteroatoms. The van der Waals surface area contributed by atoms with Gasteiger partial charge in [-0.2, -0.15) is 0 Å². The Hall–Kier alpha value is -1.55. The standard InChI is InChI=1S/C16H22N2OS/c1-9(2)11(4)8-18-16(19)15-13(17)12-7-5-6-10(3)14(12)20-15/h5-7,9,11H,8,17H2,1-4H3,(H,18,19). The van der Waals surface area contributed by atoms with Gasteiger partial charge in [0.2, 0.25) is 0 Å². The van der Waals surface area contributed by atoms with E-state index in [0.29, 0.717) is 28.9 Å². The highest BCUT2D eigenvalue weighted by atomic mass is 32.1. The minimum atomic E-state index is -0.0596. The quantitative estimate of drug-likeness (QED) is 0.899. The van der Waals surface area contributed by atoms with Gasteiger partial charge < -0.3 is 11.1 Å². The van der Waals surface area contributed by atoms with Crippen molar-refractivity contribution in [2.45, 2.75) is 27.7 Å². The Morgan fingerprint density at radius 2 is 2.05 bits per heavy atom. The normalized spacial score (nSPS) is 12.8. The second-order valence-electron chi connectivity index (χ2n) is 5.73. The molecule has 0 fully saturated rings. The van der Waals surface area contributed by atoms with Gasteiger partial charge in [0.25, 0.3) is 5.91 Å². The predicted molar refractivity (Wildman–Crippen MR) is 87.3 cm³/mol. The molecule has 0 bridgehead atoms. The molecule has 3 N–H and O–H groups in total. The zero-order valence-electron chi connectivity index (χ0n) is 12.5. The number of nitrogens with two attached hydrogens (primary N) is 1. The number of aryl methyl sites for hydroxylation is 1. The van der Waals surface area contributed by atoms with Gasteiger partial charge in [0.1, 0.15) is 4.88 Å². The highest BCUT2D eigenvalue weighted by Gasteiger charge is 2.18. The number of rotatable bonds is 4. The van der Waals surface area contributed by atoms with Crippen LogP contribution in [0.4, 0.5) is 5.69 Å². The number of nitrogens with one attached hydrogen (secondary N) is 1. The Morgan fingerprint density at radius 1 is 1.35 bits per heavy atom. The van der Waals surface area contributed by atoms with E-state index in [0.717, 1.165) is 15.6 Å². The molecule has 0 saturated carbocycles. The monoisotopic (exact) mass is 290 g/mol. The molecular formula is C16H22N2OS. The third-order valence-electron chi connectivity index (χ3n) is 3.88. The number of benzene rings is 1. The Bertz CT molecular complexity index is 631. The molecule has 2 rings (SSSR count). The van der Waals surface area contributed by atoms with Crippen LogP contribution in [0.25, 0.3) is 10.1 Å². The van der Waals surface area contributed by atoms with Crippen molar-refractivity contribution < 1.29 is 4.79 Å². The number of hydrogen-bond acceptors (Lipinski definition) is 3. The molecule has 0 radical (unpaired) electrons. The van der Waals surface area contributed by atoms with Crippen LogP contribution in [0.2, 0.25) is 0 Å². The molecule has 108 valence electrons. The third kappa shape index (κ3) is 2.80. The van der Waals surface area contributed by atoms with Gasteiger partial charge in [-0.15, -0.1) is 11.3 Å². The first-order valence-electron chi connectivity index (χ1n) is 6.97. The summed E-state index contributed by atoms with van der Waals surface area (Å²) in [6, 6.07) is 5.99. The highest BCUT2D eigenvalue weighted by Crippen LogP contribution is 2.35. The van der Waals surface area contributed by atoms with Crippen molar-refractivity contribution in [3.8, 4) is 0 Å². The van der Waals surface area contributed by atoms with Crippen molar-refractivity contribution in [3.63, 3.8) is 0 Å². The number of amides is 1. The van der Waals surface area contributed by atoms with E-state index in [4.69, 9.17) is 5.73 Å². The zero-order chi connectivity index (χ0) is 14.9. The first-order valence-corrected chi connectivity index (χ1v) is 7.79. The molecule has 20 heavy (non-hydrogen) atoms. The molecule has 0 aliphatic carbocycles. The molecule has 1 heterocycles. The molecule has 1 atom stereocenters. The van der Waals surface area contributed by atoms with Crippen molar-refractivity contribution >= 4 is 33.0 Å². The summed E-state index contributed by atoms with van der Waals surface area (Å²) in [5, 5.41) is 3.98. The fourth-order valence-corrected chi connectivity index (χ4v) is 3.12. The van der Waals surface area contributed by atoms with Crippen LogP contribution < -0.4 is 11.1 Å². The van der Waals surface area contributed by atoms with Crippen LogP contribution in [0.1, 0.15) is 36.0 Å². The van der Waals surface area contributed by atoms with Crippen molar-refractivity contribution in [1.29, 1.82) is 0 Å². The van der Waals surface area contributed by atoms with Crippen LogP contribution in [0, 0.1) is 18.8 Å². The second-order valence-corrected chi connectivity index (χ2v) is 6.75. The Kier molecular flexibility index (Phi) is 4.33. The fraction of sp³-hybridized carbons (Fsp3) is 0.438. The molecular weight excluding hydrogens is 268 g/mol. The Labute approximate surface area is 124 Å². The fourth-order valence-electron chi connectivity index (χ4n) is 2.02. The summed E-state index contributed by atoms with van der Waals surface area (Å²) in [4.78, 5) is 12.9. The van der Waals surface area contributed by atoms with Gasteiger partial charge in [-0.3, -0.25) is 4.79 Å². The second kappa shape index (κ2) is 5.83. The molecule has 1 aromatic heterocycles. The van der Waals surface area contributed by atoms with Gasteiger partial charge in [-0.05, 0) is 24.3 Å². The van der Waals surface area contributed by atoms with Crippen molar-refractivity contribution in [2.24, 2.45) is 11.8 Å². The topological polar surface area (TPSA) is 55.1 Å². The molecule has 3 nitrogen and oxygen atoms in total. The number of nitrogen functional groups attached to an aromatic ring is 1. The van der Waals surface area contributed by atoms with Crippen LogP contribution in [-0.4, -0.2) is 12.5 Å². The zero-order valence-corrected chi connectivity index (χ0v) is 13.3. The van der Waals surface area contributed by atoms with E-state index in [1.807, 2.05) is 25.1 Å². The van der Waals surface area contributed by atoms with Gasteiger partial charge in [0.15, 0.2) is 0 Å². The van der Waals surface area contributed by atoms with Gasteiger partial charge >= 0.3 is 0 Å². The maximum absolute atomic E-state index is 12.3. The minimum Gasteiger partial charge on any atom is -0.397 e. The van der Waals surface area contributed by atoms with Crippen LogP contribution in [0.3, 0.4) is 0 Å². The van der Waals surface area contributed by atoms with Crippen LogP contribution in [-0.2, 0) is 0 Å². The molecule has 0 aliphatic rings. The molecule has 2 aromatic rings. The first-order chi connectivity index (χ1) is 9.41. The van der Waals surface area contributed by atoms with E-state index in [-0.39, 0.29) is 5.91 Å².